The summed E-state index contributed by atoms with van der Waals surface area (Å²) in [6.07, 6.45) is 5.01. The highest BCUT2D eigenvalue weighted by Crippen LogP contribution is 1.90. The smallest absolute Gasteiger partial charge is 0.178 e. The van der Waals surface area contributed by atoms with Crippen molar-refractivity contribution in [1.29, 1.82) is 0 Å². The number of allylic oxidation sites excluding steroid dienone is 4. The summed E-state index contributed by atoms with van der Waals surface area (Å²) in [5.41, 5.74) is 0. The van der Waals surface area contributed by atoms with Crippen LogP contribution < -0.4 is 0 Å². The summed E-state index contributed by atoms with van der Waals surface area (Å²) in [6, 6.07) is 0. The molecule has 0 spiro atoms. The predicted octanol–water partition coefficient (Wildman–Crippen LogP) is 0.241. The molecule has 0 N–H and O–H groups in total. The fraction of sp³-hybridized carbons (Fsp3) is 0.333. The highest BCUT2D eigenvalue weighted by molar-refractivity contribution is 6.14. The average Bonchev–Trinajstić information content (AvgIpc) is 2.68. The van der Waals surface area contributed by atoms with Crippen LogP contribution in [0, 0.1) is 0 Å². The molecule has 1 aliphatic heterocycles. The third-order valence-electron chi connectivity index (χ3n) is 1.36. The Bertz CT molecular complexity index is 203. The molecule has 13 heavy (non-hydrogen) atoms. The van der Waals surface area contributed by atoms with Gasteiger partial charge in [-0.2, -0.15) is 0 Å². The Labute approximate surface area is 75.8 Å². The van der Waals surface area contributed by atoms with Gasteiger partial charge in [0.1, 0.15) is 6.79 Å². The van der Waals surface area contributed by atoms with Gasteiger partial charge in [0.15, 0.2) is 11.6 Å². The van der Waals surface area contributed by atoms with Crippen molar-refractivity contribution in [2.45, 2.75) is 0 Å². The molecule has 70 valence electrons. The number of ketones is 2. The van der Waals surface area contributed by atoms with Gasteiger partial charge in [-0.05, 0) is 24.3 Å². The molecule has 1 saturated heterocycles. The molecule has 0 radical (unpaired) electrons. The third kappa shape index (κ3) is 4.35. The number of ether oxygens (including phenoxy) is 2. The standard InChI is InChI=1S/C6H4O2.C3H6O2/c7-5-1-2-6(8)4-3-5;1-2-5-3-4-1/h1-4H;1-3H2. The Hall–Kier alpha value is -1.26. The second-order valence-corrected chi connectivity index (χ2v) is 2.41. The van der Waals surface area contributed by atoms with E-state index in [1.54, 1.807) is 0 Å². The second kappa shape index (κ2) is 5.40. The summed E-state index contributed by atoms with van der Waals surface area (Å²) in [4.78, 5) is 20.6. The minimum atomic E-state index is -0.121. The van der Waals surface area contributed by atoms with Crippen molar-refractivity contribution in [2.75, 3.05) is 20.0 Å². The maximum absolute atomic E-state index is 10.3. The SMILES string of the molecule is C1COCO1.O=C1C=CC(=O)C=C1. The van der Waals surface area contributed by atoms with E-state index in [0.29, 0.717) is 6.79 Å². The maximum atomic E-state index is 10.3. The number of carbonyl (C=O) groups excluding carboxylic acids is 2. The highest BCUT2D eigenvalue weighted by Gasteiger charge is 1.97. The number of hydrogen-bond acceptors (Lipinski definition) is 4. The molecule has 0 aromatic carbocycles. The van der Waals surface area contributed by atoms with Crippen LogP contribution in [0.25, 0.3) is 0 Å². The minimum Gasteiger partial charge on any atom is -0.353 e. The first-order valence-electron chi connectivity index (χ1n) is 3.88. The molecule has 2 rings (SSSR count). The number of rotatable bonds is 0. The molecule has 4 nitrogen and oxygen atoms in total. The van der Waals surface area contributed by atoms with E-state index in [1.807, 2.05) is 0 Å². The van der Waals surface area contributed by atoms with Crippen molar-refractivity contribution in [1.82, 2.24) is 0 Å². The maximum Gasteiger partial charge on any atom is 0.178 e. The summed E-state index contributed by atoms with van der Waals surface area (Å²) in [5.74, 6) is -0.241. The first-order chi connectivity index (χ1) is 6.29. The largest absolute Gasteiger partial charge is 0.353 e. The van der Waals surface area contributed by atoms with E-state index in [-0.39, 0.29) is 11.6 Å². The zero-order valence-electron chi connectivity index (χ0n) is 7.06. The summed E-state index contributed by atoms with van der Waals surface area (Å²) >= 11 is 0. The lowest BCUT2D eigenvalue weighted by atomic mass is 10.2. The molecule has 1 aliphatic carbocycles. The Morgan fingerprint density at radius 2 is 1.23 bits per heavy atom. The van der Waals surface area contributed by atoms with Gasteiger partial charge < -0.3 is 9.47 Å². The number of carbonyl (C=O) groups is 2. The lowest BCUT2D eigenvalue weighted by molar-refractivity contribution is -0.113. The molecule has 0 bridgehead atoms. The lowest BCUT2D eigenvalue weighted by Crippen LogP contribution is -1.97. The zero-order valence-corrected chi connectivity index (χ0v) is 7.06. The summed E-state index contributed by atoms with van der Waals surface area (Å²) in [7, 11) is 0. The van der Waals surface area contributed by atoms with Crippen molar-refractivity contribution in [3.05, 3.63) is 24.3 Å². The van der Waals surface area contributed by atoms with Crippen molar-refractivity contribution < 1.29 is 19.1 Å². The number of hydrogen-bond donors (Lipinski definition) is 0. The van der Waals surface area contributed by atoms with Gasteiger partial charge in [-0.15, -0.1) is 0 Å². The van der Waals surface area contributed by atoms with Crippen LogP contribution in [0.1, 0.15) is 0 Å². The molecular weight excluding hydrogens is 172 g/mol. The van der Waals surface area contributed by atoms with Gasteiger partial charge in [-0.1, -0.05) is 0 Å². The van der Waals surface area contributed by atoms with E-state index in [1.165, 1.54) is 24.3 Å². The van der Waals surface area contributed by atoms with Gasteiger partial charge in [-0.3, -0.25) is 9.59 Å². The fourth-order valence-corrected chi connectivity index (χ4v) is 0.734. The molecule has 1 heterocycles. The first kappa shape index (κ1) is 9.83. The van der Waals surface area contributed by atoms with E-state index >= 15 is 0 Å². The predicted molar refractivity (Wildman–Crippen MR) is 45.1 cm³/mol. The van der Waals surface area contributed by atoms with Crippen molar-refractivity contribution in [3.8, 4) is 0 Å². The monoisotopic (exact) mass is 182 g/mol. The van der Waals surface area contributed by atoms with E-state index in [2.05, 4.69) is 0 Å². The van der Waals surface area contributed by atoms with Crippen LogP contribution in [0.15, 0.2) is 24.3 Å². The molecule has 0 amide bonds. The van der Waals surface area contributed by atoms with Gasteiger partial charge in [-0.25, -0.2) is 0 Å². The minimum absolute atomic E-state index is 0.121. The van der Waals surface area contributed by atoms with Crippen molar-refractivity contribution in [3.63, 3.8) is 0 Å². The molecule has 0 unspecified atom stereocenters. The molecule has 0 atom stereocenters. The third-order valence-corrected chi connectivity index (χ3v) is 1.36. The van der Waals surface area contributed by atoms with Crippen LogP contribution in [0.2, 0.25) is 0 Å². The van der Waals surface area contributed by atoms with E-state index in [4.69, 9.17) is 9.47 Å². The Balaban J connectivity index is 0.000000145. The van der Waals surface area contributed by atoms with Crippen LogP contribution in [-0.4, -0.2) is 31.6 Å². The Kier molecular flexibility index (Phi) is 4.08. The van der Waals surface area contributed by atoms with Crippen LogP contribution >= 0.6 is 0 Å². The van der Waals surface area contributed by atoms with E-state index in [9.17, 15) is 9.59 Å². The van der Waals surface area contributed by atoms with Gasteiger partial charge in [0.25, 0.3) is 0 Å². The van der Waals surface area contributed by atoms with Crippen LogP contribution in [0.4, 0.5) is 0 Å². The zero-order chi connectivity index (χ0) is 9.52. The first-order valence-corrected chi connectivity index (χ1v) is 3.88. The average molecular weight is 182 g/mol. The quantitative estimate of drug-likeness (QED) is 0.503. The molecule has 0 aromatic rings. The molecular formula is C9H10O4. The van der Waals surface area contributed by atoms with Crippen LogP contribution in [0.5, 0.6) is 0 Å². The van der Waals surface area contributed by atoms with E-state index < -0.39 is 0 Å². The fourth-order valence-electron chi connectivity index (χ4n) is 0.734. The van der Waals surface area contributed by atoms with Gasteiger partial charge in [0.2, 0.25) is 0 Å². The molecule has 0 saturated carbocycles. The summed E-state index contributed by atoms with van der Waals surface area (Å²) in [6.45, 7) is 2.06. The van der Waals surface area contributed by atoms with E-state index in [0.717, 1.165) is 13.2 Å². The molecule has 0 aromatic heterocycles. The molecule has 1 fully saturated rings. The molecule has 2 aliphatic rings. The Morgan fingerprint density at radius 1 is 0.846 bits per heavy atom. The van der Waals surface area contributed by atoms with Gasteiger partial charge in [0.05, 0.1) is 13.2 Å². The molecule has 4 heteroatoms. The summed E-state index contributed by atoms with van der Waals surface area (Å²) in [5, 5.41) is 0. The normalized spacial score (nSPS) is 20.0. The summed E-state index contributed by atoms with van der Waals surface area (Å²) < 4.78 is 9.44. The van der Waals surface area contributed by atoms with Crippen molar-refractivity contribution >= 4 is 11.6 Å². The van der Waals surface area contributed by atoms with Gasteiger partial charge >= 0.3 is 0 Å². The second-order valence-electron chi connectivity index (χ2n) is 2.41. The van der Waals surface area contributed by atoms with Crippen LogP contribution in [0.3, 0.4) is 0 Å². The Morgan fingerprint density at radius 3 is 1.46 bits per heavy atom. The lowest BCUT2D eigenvalue weighted by Gasteiger charge is -1.87. The highest BCUT2D eigenvalue weighted by atomic mass is 16.7. The van der Waals surface area contributed by atoms with Gasteiger partial charge in [0, 0.05) is 0 Å². The topological polar surface area (TPSA) is 52.6 Å². The van der Waals surface area contributed by atoms with Crippen molar-refractivity contribution in [2.24, 2.45) is 0 Å². The van der Waals surface area contributed by atoms with Crippen LogP contribution in [-0.2, 0) is 19.1 Å².